The molecule has 2 aliphatic rings. The Morgan fingerprint density at radius 3 is 2.19 bits per heavy atom. The van der Waals surface area contributed by atoms with Gasteiger partial charge in [0.25, 0.3) is 10.2 Å². The molecule has 5 nitrogen and oxygen atoms in total. The van der Waals surface area contributed by atoms with Gasteiger partial charge < -0.3 is 5.11 Å². The summed E-state index contributed by atoms with van der Waals surface area (Å²) in [7, 11) is -3.71. The largest absolute Gasteiger partial charge is 0.396 e. The van der Waals surface area contributed by atoms with Crippen LogP contribution in [0.15, 0.2) is 0 Å². The maximum absolute atomic E-state index is 12.6. The zero-order chi connectivity index (χ0) is 15.7. The third-order valence-corrected chi connectivity index (χ3v) is 6.31. The van der Waals surface area contributed by atoms with E-state index in [1.165, 1.54) is 4.31 Å². The molecule has 0 aliphatic carbocycles. The average molecular weight is 330 g/mol. The van der Waals surface area contributed by atoms with Crippen LogP contribution in [-0.4, -0.2) is 61.1 Å². The first-order valence-electron chi connectivity index (χ1n) is 7.18. The molecule has 9 heteroatoms. The van der Waals surface area contributed by atoms with Crippen LogP contribution in [0, 0.1) is 11.8 Å². The predicted octanol–water partition coefficient (Wildman–Crippen LogP) is 1.21. The van der Waals surface area contributed by atoms with Crippen molar-refractivity contribution in [3.8, 4) is 0 Å². The van der Waals surface area contributed by atoms with Crippen LogP contribution in [0.3, 0.4) is 0 Å². The van der Waals surface area contributed by atoms with Crippen LogP contribution in [0.5, 0.6) is 0 Å². The molecule has 2 saturated heterocycles. The van der Waals surface area contributed by atoms with Gasteiger partial charge >= 0.3 is 6.18 Å². The van der Waals surface area contributed by atoms with Crippen LogP contribution in [0.4, 0.5) is 13.2 Å². The summed E-state index contributed by atoms with van der Waals surface area (Å²) in [5, 5.41) is 9.15. The van der Waals surface area contributed by atoms with Gasteiger partial charge in [-0.2, -0.15) is 30.2 Å². The first kappa shape index (κ1) is 17.0. The lowest BCUT2D eigenvalue weighted by molar-refractivity contribution is -0.182. The van der Waals surface area contributed by atoms with Gasteiger partial charge in [-0.05, 0) is 31.6 Å². The number of aliphatic hydroxyl groups is 1. The summed E-state index contributed by atoms with van der Waals surface area (Å²) in [6.07, 6.45) is -3.16. The molecular weight excluding hydrogens is 309 g/mol. The van der Waals surface area contributed by atoms with Crippen LogP contribution in [0.25, 0.3) is 0 Å². The van der Waals surface area contributed by atoms with Gasteiger partial charge in [-0.3, -0.25) is 0 Å². The van der Waals surface area contributed by atoms with E-state index >= 15 is 0 Å². The van der Waals surface area contributed by atoms with Crippen molar-refractivity contribution in [1.29, 1.82) is 0 Å². The van der Waals surface area contributed by atoms with Crippen LogP contribution < -0.4 is 0 Å². The lowest BCUT2D eigenvalue weighted by Gasteiger charge is -2.38. The minimum atomic E-state index is -4.25. The van der Waals surface area contributed by atoms with E-state index in [4.69, 9.17) is 5.11 Å². The van der Waals surface area contributed by atoms with E-state index in [2.05, 4.69) is 0 Å². The third-order valence-electron chi connectivity index (χ3n) is 4.31. The van der Waals surface area contributed by atoms with Crippen molar-refractivity contribution < 1.29 is 26.7 Å². The van der Waals surface area contributed by atoms with Crippen molar-refractivity contribution in [2.45, 2.75) is 31.9 Å². The summed E-state index contributed by atoms with van der Waals surface area (Å²) >= 11 is 0. The quantitative estimate of drug-likeness (QED) is 0.846. The van der Waals surface area contributed by atoms with E-state index < -0.39 is 22.3 Å². The fourth-order valence-corrected chi connectivity index (χ4v) is 4.72. The Hall–Kier alpha value is -0.380. The molecule has 0 spiro atoms. The fourth-order valence-electron chi connectivity index (χ4n) is 2.96. The first-order valence-corrected chi connectivity index (χ1v) is 8.57. The number of aliphatic hydroxyl groups excluding tert-OH is 1. The molecule has 0 aromatic carbocycles. The molecule has 2 rings (SSSR count). The third kappa shape index (κ3) is 3.88. The number of nitrogens with zero attached hydrogens (tertiary/aromatic N) is 2. The van der Waals surface area contributed by atoms with Gasteiger partial charge in [0.05, 0.1) is 5.92 Å². The molecule has 0 aromatic heterocycles. The first-order chi connectivity index (χ1) is 9.75. The van der Waals surface area contributed by atoms with Gasteiger partial charge in [0.15, 0.2) is 0 Å². The Bertz CT molecular complexity index is 447. The Morgan fingerprint density at radius 2 is 1.67 bits per heavy atom. The average Bonchev–Trinajstić information content (AvgIpc) is 2.46. The molecule has 21 heavy (non-hydrogen) atoms. The van der Waals surface area contributed by atoms with E-state index in [1.54, 1.807) is 0 Å². The van der Waals surface area contributed by atoms with E-state index in [0.717, 1.165) is 10.7 Å². The molecule has 0 amide bonds. The summed E-state index contributed by atoms with van der Waals surface area (Å²) in [6, 6.07) is 0. The molecule has 2 aliphatic heterocycles. The Balaban J connectivity index is 1.98. The van der Waals surface area contributed by atoms with E-state index in [1.807, 2.05) is 0 Å². The molecule has 0 bridgehead atoms. The SMILES string of the molecule is O=S(=O)(N1CCC(C(F)(F)F)CC1)N1CCCC(CO)C1. The molecule has 0 radical (unpaired) electrons. The van der Waals surface area contributed by atoms with Gasteiger partial charge in [0.1, 0.15) is 0 Å². The second-order valence-corrected chi connectivity index (χ2v) is 7.70. The molecular formula is C12H21F3N2O3S. The van der Waals surface area contributed by atoms with Crippen LogP contribution in [0.1, 0.15) is 25.7 Å². The smallest absolute Gasteiger partial charge is 0.391 e. The monoisotopic (exact) mass is 330 g/mol. The lowest BCUT2D eigenvalue weighted by atomic mass is 9.98. The highest BCUT2D eigenvalue weighted by atomic mass is 32.2. The van der Waals surface area contributed by atoms with Crippen molar-refractivity contribution >= 4 is 10.2 Å². The predicted molar refractivity (Wildman–Crippen MR) is 70.7 cm³/mol. The van der Waals surface area contributed by atoms with Gasteiger partial charge in [0.2, 0.25) is 0 Å². The molecule has 124 valence electrons. The van der Waals surface area contributed by atoms with Gasteiger partial charge in [-0.25, -0.2) is 0 Å². The van der Waals surface area contributed by atoms with Gasteiger partial charge in [-0.15, -0.1) is 0 Å². The maximum atomic E-state index is 12.6. The maximum Gasteiger partial charge on any atom is 0.391 e. The highest BCUT2D eigenvalue weighted by Crippen LogP contribution is 2.35. The molecule has 0 saturated carbocycles. The normalized spacial score (nSPS) is 27.9. The Labute approximate surface area is 122 Å². The van der Waals surface area contributed by atoms with Crippen LogP contribution >= 0.6 is 0 Å². The second kappa shape index (κ2) is 6.39. The molecule has 2 fully saturated rings. The standard InChI is InChI=1S/C12H21F3N2O3S/c13-12(14,15)11-3-6-16(7-4-11)21(19,20)17-5-1-2-10(8-17)9-18/h10-11,18H,1-9H2. The number of hydrogen-bond acceptors (Lipinski definition) is 3. The van der Waals surface area contributed by atoms with Gasteiger partial charge in [0, 0.05) is 32.8 Å². The number of alkyl halides is 3. The minimum Gasteiger partial charge on any atom is -0.396 e. The number of rotatable bonds is 3. The van der Waals surface area contributed by atoms with Crippen molar-refractivity contribution in [3.63, 3.8) is 0 Å². The second-order valence-electron chi connectivity index (χ2n) is 5.77. The number of piperidine rings is 2. The summed E-state index contributed by atoms with van der Waals surface area (Å²) in [6.45, 7) is 0.373. The van der Waals surface area contributed by atoms with Crippen molar-refractivity contribution in [3.05, 3.63) is 0 Å². The molecule has 1 unspecified atom stereocenters. The van der Waals surface area contributed by atoms with E-state index in [0.29, 0.717) is 13.0 Å². The van der Waals surface area contributed by atoms with Crippen molar-refractivity contribution in [2.24, 2.45) is 11.8 Å². The Kier molecular flexibility index (Phi) is 5.17. The summed E-state index contributed by atoms with van der Waals surface area (Å²) in [5.74, 6) is -1.49. The molecule has 0 aromatic rings. The summed E-state index contributed by atoms with van der Waals surface area (Å²) in [5.41, 5.74) is 0. The molecule has 1 atom stereocenters. The summed E-state index contributed by atoms with van der Waals surface area (Å²) in [4.78, 5) is 0. The fraction of sp³-hybridized carbons (Fsp3) is 1.00. The lowest BCUT2D eigenvalue weighted by Crippen LogP contribution is -2.51. The van der Waals surface area contributed by atoms with Crippen molar-refractivity contribution in [2.75, 3.05) is 32.8 Å². The number of hydrogen-bond donors (Lipinski definition) is 1. The molecule has 2 heterocycles. The molecule has 1 N–H and O–H groups in total. The van der Waals surface area contributed by atoms with Gasteiger partial charge in [-0.1, -0.05) is 0 Å². The summed E-state index contributed by atoms with van der Waals surface area (Å²) < 4.78 is 65.2. The van der Waals surface area contributed by atoms with Crippen LogP contribution in [0.2, 0.25) is 0 Å². The number of halogens is 3. The zero-order valence-electron chi connectivity index (χ0n) is 11.7. The van der Waals surface area contributed by atoms with E-state index in [9.17, 15) is 21.6 Å². The minimum absolute atomic E-state index is 0.0673. The zero-order valence-corrected chi connectivity index (χ0v) is 12.5. The van der Waals surface area contributed by atoms with Crippen LogP contribution in [-0.2, 0) is 10.2 Å². The van der Waals surface area contributed by atoms with E-state index in [-0.39, 0.29) is 45.0 Å². The highest BCUT2D eigenvalue weighted by Gasteiger charge is 2.44. The van der Waals surface area contributed by atoms with Crippen molar-refractivity contribution in [1.82, 2.24) is 8.61 Å². The topological polar surface area (TPSA) is 60.9 Å². The Morgan fingerprint density at radius 1 is 1.05 bits per heavy atom. The highest BCUT2D eigenvalue weighted by molar-refractivity contribution is 7.86.